The molecule has 1 fully saturated rings. The molecule has 3 N–H and O–H groups in total. The molecule has 2 aromatic heterocycles. The second kappa shape index (κ2) is 8.17. The Hall–Kier alpha value is -1.16. The molecule has 0 aliphatic heterocycles. The van der Waals surface area contributed by atoms with E-state index in [1.54, 1.807) is 18.4 Å². The molecule has 0 spiro atoms. The molecule has 0 amide bonds. The van der Waals surface area contributed by atoms with E-state index in [2.05, 4.69) is 20.9 Å². The van der Waals surface area contributed by atoms with Crippen LogP contribution in [0.25, 0.3) is 16.2 Å². The quantitative estimate of drug-likeness (QED) is 0.493. The highest BCUT2D eigenvalue weighted by atomic mass is 35.5. The van der Waals surface area contributed by atoms with Gasteiger partial charge in [-0.3, -0.25) is 4.72 Å². The van der Waals surface area contributed by atoms with Gasteiger partial charge < -0.3 is 10.2 Å². The van der Waals surface area contributed by atoms with E-state index in [0.29, 0.717) is 16.1 Å². The Balaban J connectivity index is 1.61. The Morgan fingerprint density at radius 3 is 2.69 bits per heavy atom. The normalized spacial score (nSPS) is 20.5. The zero-order chi connectivity index (χ0) is 20.8. The summed E-state index contributed by atoms with van der Waals surface area (Å²) in [6.07, 6.45) is 3.45. The van der Waals surface area contributed by atoms with E-state index in [4.69, 9.17) is 11.6 Å². The molecule has 1 saturated carbocycles. The molecule has 3 aromatic rings. The summed E-state index contributed by atoms with van der Waals surface area (Å²) in [7, 11) is 0. The molecule has 29 heavy (non-hydrogen) atoms. The van der Waals surface area contributed by atoms with Crippen LogP contribution in [-0.4, -0.2) is 37.0 Å². The molecular formula is C20H25ClN4O2S2. The van der Waals surface area contributed by atoms with Gasteiger partial charge in [0.1, 0.15) is 10.6 Å². The Morgan fingerprint density at radius 2 is 2.00 bits per heavy atom. The lowest BCUT2D eigenvalue weighted by atomic mass is 9.94. The van der Waals surface area contributed by atoms with Gasteiger partial charge >= 0.3 is 0 Å². The summed E-state index contributed by atoms with van der Waals surface area (Å²) in [5, 5.41) is 25.9. The molecule has 0 radical (unpaired) electrons. The summed E-state index contributed by atoms with van der Waals surface area (Å²) < 4.78 is 5.31. The van der Waals surface area contributed by atoms with Crippen LogP contribution in [0.1, 0.15) is 50.2 Å². The minimum Gasteiger partial charge on any atom is -0.393 e. The summed E-state index contributed by atoms with van der Waals surface area (Å²) in [6.45, 7) is 5.42. The first-order valence-electron chi connectivity index (χ1n) is 9.72. The van der Waals surface area contributed by atoms with Crippen LogP contribution in [0, 0.1) is 6.92 Å². The molecule has 1 aliphatic rings. The molecule has 6 nitrogen and oxygen atoms in total. The van der Waals surface area contributed by atoms with Gasteiger partial charge in [0.15, 0.2) is 0 Å². The number of halogens is 1. The summed E-state index contributed by atoms with van der Waals surface area (Å²) in [6, 6.07) is 6.30. The largest absolute Gasteiger partial charge is 0.393 e. The predicted octanol–water partition coefficient (Wildman–Crippen LogP) is 4.55. The first kappa shape index (κ1) is 21.1. The third-order valence-electron chi connectivity index (χ3n) is 5.14. The number of aromatic nitrogens is 3. The molecule has 2 heterocycles. The maximum Gasteiger partial charge on any atom is 0.213 e. The Labute approximate surface area is 183 Å². The van der Waals surface area contributed by atoms with Crippen molar-refractivity contribution in [3.8, 4) is 11.3 Å². The van der Waals surface area contributed by atoms with Gasteiger partial charge in [-0.2, -0.15) is 5.10 Å². The Bertz CT molecular complexity index is 1020. The number of hydrogen-bond acceptors (Lipinski definition) is 7. The van der Waals surface area contributed by atoms with Crippen molar-refractivity contribution in [2.75, 3.05) is 0 Å². The maximum absolute atomic E-state index is 10.3. The number of rotatable bonds is 5. The van der Waals surface area contributed by atoms with Crippen LogP contribution in [0.15, 0.2) is 23.1 Å². The fourth-order valence-electron chi connectivity index (χ4n) is 3.50. The molecule has 0 atom stereocenters. The fourth-order valence-corrected chi connectivity index (χ4v) is 5.56. The number of aliphatic hydroxyl groups is 2. The topological polar surface area (TPSA) is 82.7 Å². The maximum atomic E-state index is 10.3. The van der Waals surface area contributed by atoms with Gasteiger partial charge in [0.2, 0.25) is 4.96 Å². The average Bonchev–Trinajstić information content (AvgIpc) is 3.19. The number of nitrogens with zero attached hydrogens (tertiary/aromatic N) is 3. The summed E-state index contributed by atoms with van der Waals surface area (Å²) in [5.74, 6) is 0. The fraction of sp³-hybridized carbons (Fsp3) is 0.500. The Morgan fingerprint density at radius 1 is 1.28 bits per heavy atom. The second-order valence-corrected chi connectivity index (χ2v) is 10.3. The molecule has 4 rings (SSSR count). The van der Waals surface area contributed by atoms with Crippen molar-refractivity contribution in [1.29, 1.82) is 0 Å². The van der Waals surface area contributed by atoms with Crippen molar-refractivity contribution >= 4 is 39.8 Å². The van der Waals surface area contributed by atoms with Crippen LogP contribution >= 0.6 is 34.9 Å². The van der Waals surface area contributed by atoms with Gasteiger partial charge in [0.25, 0.3) is 0 Å². The van der Waals surface area contributed by atoms with Crippen molar-refractivity contribution in [3.05, 3.63) is 33.9 Å². The molecule has 0 saturated heterocycles. The number of benzene rings is 1. The zero-order valence-corrected chi connectivity index (χ0v) is 19.0. The van der Waals surface area contributed by atoms with Gasteiger partial charge in [-0.1, -0.05) is 29.0 Å². The van der Waals surface area contributed by atoms with E-state index in [1.807, 2.05) is 19.1 Å². The number of imidazole rings is 1. The van der Waals surface area contributed by atoms with Gasteiger partial charge in [0.05, 0.1) is 22.5 Å². The molecular weight excluding hydrogens is 428 g/mol. The summed E-state index contributed by atoms with van der Waals surface area (Å²) >= 11 is 9.38. The van der Waals surface area contributed by atoms with E-state index >= 15 is 0 Å². The lowest BCUT2D eigenvalue weighted by Gasteiger charge is -2.25. The highest BCUT2D eigenvalue weighted by Gasteiger charge is 2.25. The van der Waals surface area contributed by atoms with Crippen molar-refractivity contribution in [1.82, 2.24) is 19.3 Å². The van der Waals surface area contributed by atoms with E-state index in [-0.39, 0.29) is 6.10 Å². The van der Waals surface area contributed by atoms with E-state index in [0.717, 1.165) is 52.5 Å². The predicted molar refractivity (Wildman–Crippen MR) is 119 cm³/mol. The van der Waals surface area contributed by atoms with Crippen LogP contribution in [0.4, 0.5) is 0 Å². The molecule has 0 bridgehead atoms. The zero-order valence-electron chi connectivity index (χ0n) is 16.6. The number of aliphatic hydroxyl groups excluding tert-OH is 1. The van der Waals surface area contributed by atoms with Crippen molar-refractivity contribution in [2.24, 2.45) is 0 Å². The van der Waals surface area contributed by atoms with E-state index in [9.17, 15) is 10.2 Å². The minimum absolute atomic E-state index is 0.163. The Kier molecular flexibility index (Phi) is 5.94. The molecule has 0 unspecified atom stereocenters. The monoisotopic (exact) mass is 452 g/mol. The van der Waals surface area contributed by atoms with Gasteiger partial charge in [-0.15, -0.1) is 0 Å². The summed E-state index contributed by atoms with van der Waals surface area (Å²) in [4.78, 5) is 6.34. The summed E-state index contributed by atoms with van der Waals surface area (Å²) in [5.41, 5.74) is 1.77. The molecule has 156 valence electrons. The highest BCUT2D eigenvalue weighted by molar-refractivity contribution is 7.97. The first-order valence-corrected chi connectivity index (χ1v) is 11.7. The van der Waals surface area contributed by atoms with Gasteiger partial charge in [-0.05, 0) is 70.5 Å². The standard InChI is InChI=1S/C20H25ClN4O2S2/c1-11-17(25-19(22-11)28-18(23-25)20(2,3)27)12-4-9-15(21)16(10-12)29-24-13-5-7-14(26)8-6-13/h4,9-10,13-14,24,26-27H,5-8H2,1-3H3. The van der Waals surface area contributed by atoms with Crippen molar-refractivity contribution in [2.45, 2.75) is 69.1 Å². The van der Waals surface area contributed by atoms with Gasteiger partial charge in [-0.25, -0.2) is 9.50 Å². The smallest absolute Gasteiger partial charge is 0.213 e. The molecule has 1 aromatic carbocycles. The number of aryl methyl sites for hydroxylation is 1. The van der Waals surface area contributed by atoms with Crippen LogP contribution in [0.2, 0.25) is 5.02 Å². The van der Waals surface area contributed by atoms with Crippen molar-refractivity contribution < 1.29 is 10.2 Å². The van der Waals surface area contributed by atoms with Crippen molar-refractivity contribution in [3.63, 3.8) is 0 Å². The van der Waals surface area contributed by atoms with Gasteiger partial charge in [0, 0.05) is 16.5 Å². The number of fused-ring (bicyclic) bond motifs is 1. The first-order chi connectivity index (χ1) is 13.7. The van der Waals surface area contributed by atoms with Crippen LogP contribution in [-0.2, 0) is 5.60 Å². The average molecular weight is 453 g/mol. The van der Waals surface area contributed by atoms with Crippen LogP contribution in [0.3, 0.4) is 0 Å². The number of nitrogens with one attached hydrogen (secondary N) is 1. The van der Waals surface area contributed by atoms with E-state index in [1.165, 1.54) is 23.3 Å². The number of hydrogen-bond donors (Lipinski definition) is 3. The lowest BCUT2D eigenvalue weighted by molar-refractivity contribution is 0.0773. The molecule has 9 heteroatoms. The van der Waals surface area contributed by atoms with Crippen LogP contribution in [0.5, 0.6) is 0 Å². The third-order valence-corrected chi connectivity index (χ3v) is 7.81. The lowest BCUT2D eigenvalue weighted by Crippen LogP contribution is -2.30. The highest BCUT2D eigenvalue weighted by Crippen LogP contribution is 2.35. The van der Waals surface area contributed by atoms with Crippen LogP contribution < -0.4 is 4.72 Å². The SMILES string of the molecule is Cc1nc2sc(C(C)(C)O)nn2c1-c1ccc(Cl)c(SNC2CCC(O)CC2)c1. The van der Waals surface area contributed by atoms with E-state index < -0.39 is 5.60 Å². The minimum atomic E-state index is -1.00. The molecule has 1 aliphatic carbocycles. The second-order valence-electron chi connectivity index (χ2n) is 8.08. The third kappa shape index (κ3) is 4.47.